The quantitative estimate of drug-likeness (QED) is 0.603. The minimum absolute atomic E-state index is 0.000143. The Bertz CT molecular complexity index is 510. The molecule has 1 heterocycles. The fraction of sp³-hybridized carbons (Fsp3) is 0.250. The molecule has 86 valence electrons. The number of nitro benzene ring substituents is 1. The molecular weight excluding hydrogens is 236 g/mol. The van der Waals surface area contributed by atoms with E-state index in [1.807, 2.05) is 0 Å². The first-order chi connectivity index (χ1) is 7.48. The van der Waals surface area contributed by atoms with Crippen LogP contribution in [-0.4, -0.2) is 19.9 Å². The Labute approximate surface area is 91.4 Å². The lowest BCUT2D eigenvalue weighted by molar-refractivity contribution is -0.384. The molecule has 8 heteroatoms. The molecule has 1 unspecified atom stereocenters. The van der Waals surface area contributed by atoms with E-state index in [0.29, 0.717) is 5.56 Å². The van der Waals surface area contributed by atoms with Crippen LogP contribution in [0.4, 0.5) is 5.69 Å². The normalized spacial score (nSPS) is 23.1. The summed E-state index contributed by atoms with van der Waals surface area (Å²) in [6.45, 7) is 0.000143. The van der Waals surface area contributed by atoms with Gasteiger partial charge in [-0.1, -0.05) is 12.1 Å². The molecule has 1 saturated heterocycles. The highest BCUT2D eigenvalue weighted by atomic mass is 32.2. The third-order valence-electron chi connectivity index (χ3n) is 2.18. The van der Waals surface area contributed by atoms with Crippen molar-refractivity contribution in [2.24, 2.45) is 0 Å². The summed E-state index contributed by atoms with van der Waals surface area (Å²) in [5.74, 6) is 0. The zero-order valence-electron chi connectivity index (χ0n) is 7.99. The molecule has 0 amide bonds. The van der Waals surface area contributed by atoms with E-state index < -0.39 is 21.3 Å². The number of benzene rings is 1. The van der Waals surface area contributed by atoms with Crippen molar-refractivity contribution >= 4 is 16.0 Å². The van der Waals surface area contributed by atoms with Crippen molar-refractivity contribution in [1.29, 1.82) is 0 Å². The molecule has 1 fully saturated rings. The Kier molecular flexibility index (Phi) is 2.62. The van der Waals surface area contributed by atoms with Gasteiger partial charge in [-0.25, -0.2) is 0 Å². The molecule has 0 aliphatic carbocycles. The molecule has 1 aromatic rings. The van der Waals surface area contributed by atoms with Crippen molar-refractivity contribution < 1.29 is 17.5 Å². The van der Waals surface area contributed by atoms with Crippen LogP contribution in [-0.2, 0) is 14.5 Å². The lowest BCUT2D eigenvalue weighted by Crippen LogP contribution is -2.19. The van der Waals surface area contributed by atoms with Gasteiger partial charge in [-0.15, -0.1) is 0 Å². The number of hydrogen-bond donors (Lipinski definition) is 1. The van der Waals surface area contributed by atoms with Crippen LogP contribution in [0.25, 0.3) is 0 Å². The average molecular weight is 244 g/mol. The van der Waals surface area contributed by atoms with Gasteiger partial charge >= 0.3 is 10.3 Å². The predicted molar refractivity (Wildman–Crippen MR) is 53.8 cm³/mol. The Morgan fingerprint density at radius 1 is 1.38 bits per heavy atom. The summed E-state index contributed by atoms with van der Waals surface area (Å²) in [6, 6.07) is 5.16. The summed E-state index contributed by atoms with van der Waals surface area (Å²) in [5, 5.41) is 10.4. The highest BCUT2D eigenvalue weighted by Gasteiger charge is 2.29. The molecule has 1 aliphatic heterocycles. The molecule has 2 rings (SSSR count). The van der Waals surface area contributed by atoms with E-state index in [4.69, 9.17) is 0 Å². The van der Waals surface area contributed by atoms with E-state index in [2.05, 4.69) is 8.91 Å². The smallest absolute Gasteiger partial charge is 0.258 e. The van der Waals surface area contributed by atoms with E-state index >= 15 is 0 Å². The highest BCUT2D eigenvalue weighted by Crippen LogP contribution is 2.22. The molecule has 16 heavy (non-hydrogen) atoms. The molecule has 0 bridgehead atoms. The summed E-state index contributed by atoms with van der Waals surface area (Å²) >= 11 is 0. The van der Waals surface area contributed by atoms with Crippen molar-refractivity contribution in [2.75, 3.05) is 6.61 Å². The van der Waals surface area contributed by atoms with Crippen LogP contribution in [0.15, 0.2) is 24.3 Å². The summed E-state index contributed by atoms with van der Waals surface area (Å²) in [7, 11) is -3.65. The Balaban J connectivity index is 2.20. The van der Waals surface area contributed by atoms with Gasteiger partial charge in [0.2, 0.25) is 0 Å². The minimum Gasteiger partial charge on any atom is -0.258 e. The highest BCUT2D eigenvalue weighted by molar-refractivity contribution is 7.84. The molecule has 1 N–H and O–H groups in total. The van der Waals surface area contributed by atoms with Crippen molar-refractivity contribution in [1.82, 2.24) is 4.72 Å². The first-order valence-electron chi connectivity index (χ1n) is 4.39. The Morgan fingerprint density at radius 2 is 2.00 bits per heavy atom. The number of non-ortho nitro benzene ring substituents is 1. The first kappa shape index (κ1) is 11.0. The zero-order valence-corrected chi connectivity index (χ0v) is 8.81. The standard InChI is InChI=1S/C8H8N2O5S/c11-10(12)7-3-1-6(2-4-7)8-5-15-16(13,14)9-8/h1-4,8-9H,5H2. The predicted octanol–water partition coefficient (Wildman–Crippen LogP) is 0.500. The van der Waals surface area contributed by atoms with E-state index in [1.54, 1.807) is 0 Å². The molecule has 0 aromatic heterocycles. The summed E-state index contributed by atoms with van der Waals surface area (Å²) in [6.07, 6.45) is 0. The topological polar surface area (TPSA) is 98.5 Å². The summed E-state index contributed by atoms with van der Waals surface area (Å²) in [4.78, 5) is 9.89. The zero-order chi connectivity index (χ0) is 11.8. The van der Waals surface area contributed by atoms with Gasteiger partial charge in [0, 0.05) is 12.1 Å². The van der Waals surface area contributed by atoms with Crippen molar-refractivity contribution in [3.05, 3.63) is 39.9 Å². The maximum Gasteiger partial charge on any atom is 0.336 e. The monoisotopic (exact) mass is 244 g/mol. The van der Waals surface area contributed by atoms with E-state index in [1.165, 1.54) is 24.3 Å². The largest absolute Gasteiger partial charge is 0.336 e. The van der Waals surface area contributed by atoms with E-state index in [9.17, 15) is 18.5 Å². The molecule has 1 aromatic carbocycles. The molecule has 0 spiro atoms. The second kappa shape index (κ2) is 3.81. The third-order valence-corrected chi connectivity index (χ3v) is 3.20. The second-order valence-corrected chi connectivity index (χ2v) is 4.64. The van der Waals surface area contributed by atoms with Crippen LogP contribution in [0, 0.1) is 10.1 Å². The fourth-order valence-electron chi connectivity index (χ4n) is 1.39. The van der Waals surface area contributed by atoms with E-state index in [-0.39, 0.29) is 12.3 Å². The molecule has 7 nitrogen and oxygen atoms in total. The first-order valence-corrected chi connectivity index (χ1v) is 5.80. The van der Waals surface area contributed by atoms with Crippen LogP contribution in [0.1, 0.15) is 11.6 Å². The van der Waals surface area contributed by atoms with Gasteiger partial charge in [0.1, 0.15) is 0 Å². The summed E-state index contributed by atoms with van der Waals surface area (Å²) < 4.78 is 28.7. The van der Waals surface area contributed by atoms with Gasteiger partial charge in [-0.2, -0.15) is 13.1 Å². The summed E-state index contributed by atoms with van der Waals surface area (Å²) in [5.41, 5.74) is 0.595. The fourth-order valence-corrected chi connectivity index (χ4v) is 2.33. The Morgan fingerprint density at radius 3 is 2.44 bits per heavy atom. The number of nitrogens with zero attached hydrogens (tertiary/aromatic N) is 1. The van der Waals surface area contributed by atoms with Crippen molar-refractivity contribution in [3.8, 4) is 0 Å². The van der Waals surface area contributed by atoms with Gasteiger partial charge in [-0.05, 0) is 5.56 Å². The van der Waals surface area contributed by atoms with Gasteiger partial charge in [-0.3, -0.25) is 14.3 Å². The molecule has 0 radical (unpaired) electrons. The number of hydrogen-bond acceptors (Lipinski definition) is 5. The van der Waals surface area contributed by atoms with E-state index in [0.717, 1.165) is 0 Å². The number of rotatable bonds is 2. The minimum atomic E-state index is -3.65. The van der Waals surface area contributed by atoms with Crippen molar-refractivity contribution in [2.45, 2.75) is 6.04 Å². The van der Waals surface area contributed by atoms with Crippen LogP contribution >= 0.6 is 0 Å². The molecule has 1 aliphatic rings. The van der Waals surface area contributed by atoms with Gasteiger partial charge in [0.25, 0.3) is 5.69 Å². The van der Waals surface area contributed by atoms with Crippen molar-refractivity contribution in [3.63, 3.8) is 0 Å². The van der Waals surface area contributed by atoms with Crippen LogP contribution in [0.5, 0.6) is 0 Å². The lowest BCUT2D eigenvalue weighted by Gasteiger charge is -2.05. The van der Waals surface area contributed by atoms with Gasteiger partial charge < -0.3 is 0 Å². The third kappa shape index (κ3) is 2.18. The number of nitrogens with one attached hydrogen (secondary N) is 1. The molecular formula is C8H8N2O5S. The Hall–Kier alpha value is -1.51. The van der Waals surface area contributed by atoms with Crippen LogP contribution < -0.4 is 4.72 Å². The lowest BCUT2D eigenvalue weighted by atomic mass is 10.1. The number of nitro groups is 1. The molecule has 0 saturated carbocycles. The maximum absolute atomic E-state index is 10.9. The maximum atomic E-state index is 10.9. The van der Waals surface area contributed by atoms with Crippen LogP contribution in [0.3, 0.4) is 0 Å². The average Bonchev–Trinajstić information content (AvgIpc) is 2.59. The van der Waals surface area contributed by atoms with Gasteiger partial charge in [0.15, 0.2) is 0 Å². The second-order valence-electron chi connectivity index (χ2n) is 3.26. The van der Waals surface area contributed by atoms with Gasteiger partial charge in [0.05, 0.1) is 17.6 Å². The molecule has 1 atom stereocenters. The van der Waals surface area contributed by atoms with Crippen LogP contribution in [0.2, 0.25) is 0 Å². The SMILES string of the molecule is O=[N+]([O-])c1ccc(C2COS(=O)(=O)N2)cc1.